The van der Waals surface area contributed by atoms with Crippen molar-refractivity contribution in [3.63, 3.8) is 0 Å². The molecule has 2 aromatic carbocycles. The molecule has 2 aromatic heterocycles. The number of aliphatic hydroxyl groups is 1. The average molecular weight is 552 g/mol. The first-order chi connectivity index (χ1) is 19.9. The molecule has 0 saturated carbocycles. The summed E-state index contributed by atoms with van der Waals surface area (Å²) in [5, 5.41) is 19.7. The van der Waals surface area contributed by atoms with Crippen LogP contribution in [0.3, 0.4) is 0 Å². The summed E-state index contributed by atoms with van der Waals surface area (Å²) in [5.74, 6) is -0.775. The lowest BCUT2D eigenvalue weighted by Crippen LogP contribution is -2.35. The van der Waals surface area contributed by atoms with Crippen molar-refractivity contribution in [1.29, 1.82) is 0 Å². The molecule has 10 nitrogen and oxygen atoms in total. The topological polar surface area (TPSA) is 122 Å². The Balaban J connectivity index is 1.37. The molecule has 0 amide bonds. The minimum Gasteiger partial charge on any atom is -0.480 e. The highest BCUT2D eigenvalue weighted by Crippen LogP contribution is 2.28. The smallest absolute Gasteiger partial charge is 0.321 e. The van der Waals surface area contributed by atoms with Gasteiger partial charge < -0.3 is 19.7 Å². The van der Waals surface area contributed by atoms with E-state index in [0.29, 0.717) is 16.8 Å². The van der Waals surface area contributed by atoms with Crippen molar-refractivity contribution in [3.8, 4) is 23.0 Å². The Labute approximate surface area is 237 Å². The zero-order valence-corrected chi connectivity index (χ0v) is 22.5. The van der Waals surface area contributed by atoms with E-state index < -0.39 is 18.1 Å². The first-order valence-corrected chi connectivity index (χ1v) is 13.1. The van der Waals surface area contributed by atoms with Gasteiger partial charge in [0.2, 0.25) is 11.6 Å². The summed E-state index contributed by atoms with van der Waals surface area (Å²) in [5.41, 5.74) is 5.93. The lowest BCUT2D eigenvalue weighted by molar-refractivity contribution is -0.142. The van der Waals surface area contributed by atoms with E-state index in [2.05, 4.69) is 38.0 Å². The Bertz CT molecular complexity index is 1570. The quantitative estimate of drug-likeness (QED) is 0.273. The second-order valence-electron chi connectivity index (χ2n) is 9.85. The number of aliphatic carboxylic acids is 1. The number of carboxylic acid groups (broad SMARTS) is 1. The fourth-order valence-electron chi connectivity index (χ4n) is 4.89. The van der Waals surface area contributed by atoms with Gasteiger partial charge in [-0.3, -0.25) is 14.7 Å². The van der Waals surface area contributed by atoms with Crippen LogP contribution in [-0.2, 0) is 24.6 Å². The third-order valence-electron chi connectivity index (χ3n) is 7.02. The van der Waals surface area contributed by atoms with Crippen LogP contribution in [0.25, 0.3) is 16.0 Å². The first-order valence-electron chi connectivity index (χ1n) is 13.1. The van der Waals surface area contributed by atoms with E-state index in [0.717, 1.165) is 22.3 Å². The summed E-state index contributed by atoms with van der Waals surface area (Å²) in [6.45, 7) is 9.98. The maximum absolute atomic E-state index is 11.8. The number of likely N-dealkylation sites (tertiary alicyclic amines) is 1. The van der Waals surface area contributed by atoms with Gasteiger partial charge in [-0.05, 0) is 40.8 Å². The number of carbonyl (C=O) groups is 1. The van der Waals surface area contributed by atoms with E-state index in [1.54, 1.807) is 23.4 Å². The molecule has 0 spiro atoms. The molecule has 1 fully saturated rings. The standard InChI is InChI=1S/C31H29N5O5/c1-20-23(9-6-10-27(20)22-7-4-3-5-8-22)19-41-31-34-14-24(16-36-17-26(37)12-28(36)30(38)39)29(35-31)40-18-21-11-25(32-2)15-33-13-21/h3-11,13-15,26,28,37H,12,16-19H2,1H3,(H,38,39)/t26-,28+/m1/s1. The molecule has 0 aliphatic carbocycles. The van der Waals surface area contributed by atoms with Crippen LogP contribution in [0.2, 0.25) is 0 Å². The highest BCUT2D eigenvalue weighted by Gasteiger charge is 2.36. The Kier molecular flexibility index (Phi) is 8.48. The summed E-state index contributed by atoms with van der Waals surface area (Å²) < 4.78 is 12.0. The number of carboxylic acids is 1. The van der Waals surface area contributed by atoms with E-state index in [1.807, 2.05) is 37.3 Å². The molecule has 1 saturated heterocycles. The maximum Gasteiger partial charge on any atom is 0.321 e. The van der Waals surface area contributed by atoms with Crippen molar-refractivity contribution in [1.82, 2.24) is 19.9 Å². The molecule has 2 N–H and O–H groups in total. The highest BCUT2D eigenvalue weighted by atomic mass is 16.5. The second-order valence-corrected chi connectivity index (χ2v) is 9.85. The molecule has 41 heavy (non-hydrogen) atoms. The van der Waals surface area contributed by atoms with Gasteiger partial charge in [0, 0.05) is 43.7 Å². The number of aromatic nitrogens is 3. The first kappa shape index (κ1) is 27.7. The normalized spacial score (nSPS) is 16.7. The van der Waals surface area contributed by atoms with Crippen LogP contribution in [0.15, 0.2) is 73.2 Å². The number of pyridine rings is 1. The van der Waals surface area contributed by atoms with E-state index in [9.17, 15) is 15.0 Å². The third kappa shape index (κ3) is 6.66. The molecule has 0 radical (unpaired) electrons. The largest absolute Gasteiger partial charge is 0.480 e. The van der Waals surface area contributed by atoms with Gasteiger partial charge in [0.25, 0.3) is 0 Å². The summed E-state index contributed by atoms with van der Waals surface area (Å²) >= 11 is 0. The Morgan fingerprint density at radius 2 is 1.90 bits per heavy atom. The molecule has 1 aliphatic heterocycles. The molecule has 0 bridgehead atoms. The molecule has 208 valence electrons. The maximum atomic E-state index is 11.8. The van der Waals surface area contributed by atoms with Gasteiger partial charge in [-0.1, -0.05) is 48.5 Å². The van der Waals surface area contributed by atoms with Gasteiger partial charge in [0.15, 0.2) is 0 Å². The fraction of sp³-hybridized carbons (Fsp3) is 0.258. The predicted molar refractivity (Wildman–Crippen MR) is 150 cm³/mol. The molecular formula is C31H29N5O5. The van der Waals surface area contributed by atoms with Gasteiger partial charge in [0.05, 0.1) is 12.7 Å². The number of β-amino-alcohol motifs (C(OH)–C–C–N with tert-alkyl or cyclic N) is 1. The van der Waals surface area contributed by atoms with Crippen LogP contribution < -0.4 is 9.47 Å². The average Bonchev–Trinajstić information content (AvgIpc) is 3.37. The minimum atomic E-state index is -1.000. The van der Waals surface area contributed by atoms with Crippen LogP contribution in [0.1, 0.15) is 28.7 Å². The lowest BCUT2D eigenvalue weighted by Gasteiger charge is -2.22. The number of ether oxygens (including phenoxy) is 2. The van der Waals surface area contributed by atoms with Crippen molar-refractivity contribution in [2.45, 2.75) is 45.2 Å². The molecule has 4 aromatic rings. The Morgan fingerprint density at radius 1 is 1.07 bits per heavy atom. The number of hydrogen-bond acceptors (Lipinski definition) is 8. The van der Waals surface area contributed by atoms with E-state index in [4.69, 9.17) is 16.0 Å². The minimum absolute atomic E-state index is 0.0863. The van der Waals surface area contributed by atoms with Crippen molar-refractivity contribution in [2.75, 3.05) is 6.54 Å². The van der Waals surface area contributed by atoms with Gasteiger partial charge in [-0.25, -0.2) is 9.83 Å². The molecule has 5 rings (SSSR count). The Morgan fingerprint density at radius 3 is 2.68 bits per heavy atom. The van der Waals surface area contributed by atoms with Crippen molar-refractivity contribution in [2.24, 2.45) is 0 Å². The van der Waals surface area contributed by atoms with Crippen molar-refractivity contribution >= 4 is 11.7 Å². The van der Waals surface area contributed by atoms with Crippen LogP contribution in [0, 0.1) is 13.5 Å². The highest BCUT2D eigenvalue weighted by molar-refractivity contribution is 5.74. The second kappa shape index (κ2) is 12.6. The summed E-state index contributed by atoms with van der Waals surface area (Å²) in [6.07, 6.45) is 4.04. The fourth-order valence-corrected chi connectivity index (χ4v) is 4.89. The van der Waals surface area contributed by atoms with Gasteiger partial charge in [-0.2, -0.15) is 4.98 Å². The molecule has 2 atom stereocenters. The lowest BCUT2D eigenvalue weighted by atomic mass is 9.97. The van der Waals surface area contributed by atoms with E-state index in [-0.39, 0.29) is 44.6 Å². The molecule has 10 heteroatoms. The third-order valence-corrected chi connectivity index (χ3v) is 7.02. The van der Waals surface area contributed by atoms with Crippen LogP contribution in [-0.4, -0.2) is 54.7 Å². The number of aliphatic hydroxyl groups excluding tert-OH is 1. The van der Waals surface area contributed by atoms with Gasteiger partial charge in [-0.15, -0.1) is 0 Å². The van der Waals surface area contributed by atoms with E-state index in [1.165, 1.54) is 6.20 Å². The summed E-state index contributed by atoms with van der Waals surface area (Å²) in [7, 11) is 0. The number of nitrogens with zero attached hydrogens (tertiary/aromatic N) is 5. The van der Waals surface area contributed by atoms with Crippen molar-refractivity contribution < 1.29 is 24.5 Å². The van der Waals surface area contributed by atoms with Crippen LogP contribution >= 0.6 is 0 Å². The molecule has 0 unspecified atom stereocenters. The number of hydrogen-bond donors (Lipinski definition) is 2. The number of rotatable bonds is 10. The van der Waals surface area contributed by atoms with E-state index >= 15 is 0 Å². The van der Waals surface area contributed by atoms with Gasteiger partial charge in [0.1, 0.15) is 19.3 Å². The Hall–Kier alpha value is -4.85. The van der Waals surface area contributed by atoms with Crippen LogP contribution in [0.4, 0.5) is 5.69 Å². The molecular weight excluding hydrogens is 522 g/mol. The molecule has 1 aliphatic rings. The van der Waals surface area contributed by atoms with Crippen molar-refractivity contribution in [3.05, 3.63) is 107 Å². The van der Waals surface area contributed by atoms with Crippen LogP contribution in [0.5, 0.6) is 11.9 Å². The zero-order chi connectivity index (χ0) is 28.8. The zero-order valence-electron chi connectivity index (χ0n) is 22.5. The summed E-state index contributed by atoms with van der Waals surface area (Å²) in [6, 6.07) is 17.1. The molecule has 3 heterocycles. The summed E-state index contributed by atoms with van der Waals surface area (Å²) in [4.78, 5) is 29.8. The monoisotopic (exact) mass is 551 g/mol. The number of benzene rings is 2. The van der Waals surface area contributed by atoms with Gasteiger partial charge >= 0.3 is 12.0 Å². The SMILES string of the molecule is [C-]#[N+]c1cncc(COc2nc(OCc3cccc(-c4ccccc4)c3C)ncc2CN2C[C@H](O)C[C@H]2C(=O)O)c1. The predicted octanol–water partition coefficient (Wildman–Crippen LogP) is 4.58.